The number of rotatable bonds is 13. The third-order valence-corrected chi connectivity index (χ3v) is 8.35. The van der Waals surface area contributed by atoms with E-state index in [-0.39, 0.29) is 23.6 Å². The van der Waals surface area contributed by atoms with Crippen LogP contribution in [0.25, 0.3) is 0 Å². The van der Waals surface area contributed by atoms with Crippen molar-refractivity contribution in [2.45, 2.75) is 77.7 Å². The monoisotopic (exact) mass is 411 g/mol. The standard InChI is InChI=1S/C22H37NO4S/c1-4-5-6-11-14-28(26,27)23-20-16-17-15-19(22(17,2)3)18(20)12-9-7-8-10-13-21(24)25/h4,7,9,17-20,23H,1,5-6,8,10-16H2,2-3H3,(H,24,25)/b9-7-. The van der Waals surface area contributed by atoms with Gasteiger partial charge in [-0.1, -0.05) is 32.1 Å². The smallest absolute Gasteiger partial charge is 0.303 e. The molecule has 0 amide bonds. The van der Waals surface area contributed by atoms with Gasteiger partial charge in [0, 0.05) is 12.5 Å². The predicted molar refractivity (Wildman–Crippen MR) is 113 cm³/mol. The fourth-order valence-corrected chi connectivity index (χ4v) is 6.46. The van der Waals surface area contributed by atoms with Crippen molar-refractivity contribution in [3.8, 4) is 0 Å². The molecule has 2 N–H and O–H groups in total. The Hall–Kier alpha value is -1.14. The molecule has 6 heteroatoms. The summed E-state index contributed by atoms with van der Waals surface area (Å²) < 4.78 is 28.1. The van der Waals surface area contributed by atoms with Crippen LogP contribution in [0.15, 0.2) is 24.8 Å². The minimum atomic E-state index is -3.26. The molecule has 0 heterocycles. The minimum Gasteiger partial charge on any atom is -0.481 e. The van der Waals surface area contributed by atoms with Crippen LogP contribution < -0.4 is 4.72 Å². The van der Waals surface area contributed by atoms with E-state index in [4.69, 9.17) is 5.11 Å². The van der Waals surface area contributed by atoms with Crippen molar-refractivity contribution in [3.63, 3.8) is 0 Å². The average molecular weight is 412 g/mol. The molecule has 0 aromatic heterocycles. The van der Waals surface area contributed by atoms with E-state index >= 15 is 0 Å². The fourth-order valence-electron chi connectivity index (χ4n) is 5.02. The number of aliphatic carboxylic acids is 1. The number of allylic oxidation sites excluding steroid dienone is 3. The molecule has 4 atom stereocenters. The van der Waals surface area contributed by atoms with Crippen molar-refractivity contribution in [2.24, 2.45) is 23.2 Å². The van der Waals surface area contributed by atoms with Crippen LogP contribution in [-0.4, -0.2) is 31.3 Å². The van der Waals surface area contributed by atoms with Crippen molar-refractivity contribution in [3.05, 3.63) is 24.8 Å². The van der Waals surface area contributed by atoms with E-state index in [9.17, 15) is 13.2 Å². The Morgan fingerprint density at radius 3 is 2.57 bits per heavy atom. The summed E-state index contributed by atoms with van der Waals surface area (Å²) in [4.78, 5) is 10.6. The van der Waals surface area contributed by atoms with Crippen molar-refractivity contribution < 1.29 is 18.3 Å². The summed E-state index contributed by atoms with van der Waals surface area (Å²) in [7, 11) is -3.26. The molecule has 3 saturated carbocycles. The Kier molecular flexibility index (Phi) is 8.31. The first-order chi connectivity index (χ1) is 13.2. The zero-order valence-corrected chi connectivity index (χ0v) is 18.2. The first kappa shape index (κ1) is 23.1. The highest BCUT2D eigenvalue weighted by Gasteiger charge is 2.57. The van der Waals surface area contributed by atoms with Crippen LogP contribution in [0.5, 0.6) is 0 Å². The topological polar surface area (TPSA) is 83.5 Å². The molecule has 160 valence electrons. The maximum atomic E-state index is 12.6. The summed E-state index contributed by atoms with van der Waals surface area (Å²) in [5, 5.41) is 8.71. The van der Waals surface area contributed by atoms with Gasteiger partial charge >= 0.3 is 5.97 Å². The normalized spacial score (nSPS) is 28.8. The third-order valence-electron chi connectivity index (χ3n) is 6.86. The highest BCUT2D eigenvalue weighted by molar-refractivity contribution is 7.89. The molecule has 28 heavy (non-hydrogen) atoms. The SMILES string of the molecule is C=CCCCCS(=O)(=O)NC1CC2CC(C1C/C=C\CCCC(=O)O)C2(C)C. The second kappa shape index (κ2) is 10.1. The number of unbranched alkanes of at least 4 members (excludes halogenated alkanes) is 3. The van der Waals surface area contributed by atoms with E-state index in [0.29, 0.717) is 30.6 Å². The second-order valence-corrected chi connectivity index (χ2v) is 11.0. The highest BCUT2D eigenvalue weighted by Crippen LogP contribution is 2.62. The lowest BCUT2D eigenvalue weighted by Crippen LogP contribution is -2.61. The Morgan fingerprint density at radius 2 is 1.93 bits per heavy atom. The molecule has 0 aromatic rings. The van der Waals surface area contributed by atoms with Crippen LogP contribution in [-0.2, 0) is 14.8 Å². The molecule has 0 spiro atoms. The molecule has 2 bridgehead atoms. The van der Waals surface area contributed by atoms with Gasteiger partial charge in [-0.05, 0) is 74.5 Å². The molecular formula is C22H37NO4S. The van der Waals surface area contributed by atoms with E-state index in [1.54, 1.807) is 0 Å². The molecule has 3 rings (SSSR count). The van der Waals surface area contributed by atoms with Crippen molar-refractivity contribution in [2.75, 3.05) is 5.75 Å². The number of hydrogen-bond acceptors (Lipinski definition) is 3. The molecular weight excluding hydrogens is 374 g/mol. The number of carbonyl (C=O) groups is 1. The van der Waals surface area contributed by atoms with Gasteiger partial charge in [0.2, 0.25) is 10.0 Å². The largest absolute Gasteiger partial charge is 0.481 e. The van der Waals surface area contributed by atoms with Crippen LogP contribution in [0.3, 0.4) is 0 Å². The lowest BCUT2D eigenvalue weighted by atomic mass is 9.44. The van der Waals surface area contributed by atoms with Gasteiger partial charge in [-0.15, -0.1) is 6.58 Å². The van der Waals surface area contributed by atoms with Gasteiger partial charge in [0.15, 0.2) is 0 Å². The zero-order chi connectivity index (χ0) is 20.8. The summed E-state index contributed by atoms with van der Waals surface area (Å²) in [6.45, 7) is 8.31. The van der Waals surface area contributed by atoms with E-state index < -0.39 is 16.0 Å². The minimum absolute atomic E-state index is 0.0184. The maximum absolute atomic E-state index is 12.6. The van der Waals surface area contributed by atoms with Crippen LogP contribution in [0.4, 0.5) is 0 Å². The molecule has 4 unspecified atom stereocenters. The van der Waals surface area contributed by atoms with Gasteiger partial charge in [-0.2, -0.15) is 0 Å². The van der Waals surface area contributed by atoms with Gasteiger partial charge < -0.3 is 5.11 Å². The number of nitrogens with one attached hydrogen (secondary N) is 1. The van der Waals surface area contributed by atoms with Gasteiger partial charge in [-0.25, -0.2) is 13.1 Å². The summed E-state index contributed by atoms with van der Waals surface area (Å²) in [5.41, 5.74) is 0.285. The Labute approximate surface area is 170 Å². The number of fused-ring (bicyclic) bond motifs is 2. The van der Waals surface area contributed by atoms with Gasteiger partial charge in [-0.3, -0.25) is 4.79 Å². The summed E-state index contributed by atoms with van der Waals surface area (Å²) >= 11 is 0. The first-order valence-electron chi connectivity index (χ1n) is 10.6. The summed E-state index contributed by atoms with van der Waals surface area (Å²) in [6.07, 6.45) is 13.0. The quantitative estimate of drug-likeness (QED) is 0.345. The molecule has 0 aliphatic heterocycles. The van der Waals surface area contributed by atoms with Crippen LogP contribution >= 0.6 is 0 Å². The number of sulfonamides is 1. The molecule has 3 fully saturated rings. The number of carboxylic acids is 1. The zero-order valence-electron chi connectivity index (χ0n) is 17.4. The van der Waals surface area contributed by atoms with E-state index in [1.165, 1.54) is 6.42 Å². The lowest BCUT2D eigenvalue weighted by molar-refractivity contribution is -0.137. The molecule has 0 aromatic carbocycles. The van der Waals surface area contributed by atoms with Gasteiger partial charge in [0.25, 0.3) is 0 Å². The van der Waals surface area contributed by atoms with Gasteiger partial charge in [0.05, 0.1) is 5.75 Å². The van der Waals surface area contributed by atoms with Crippen LogP contribution in [0.2, 0.25) is 0 Å². The van der Waals surface area contributed by atoms with E-state index in [0.717, 1.165) is 32.1 Å². The van der Waals surface area contributed by atoms with Crippen molar-refractivity contribution >= 4 is 16.0 Å². The number of hydrogen-bond donors (Lipinski definition) is 2. The van der Waals surface area contributed by atoms with Crippen molar-refractivity contribution in [1.82, 2.24) is 4.72 Å². The molecule has 5 nitrogen and oxygen atoms in total. The molecule has 3 aliphatic rings. The first-order valence-corrected chi connectivity index (χ1v) is 12.3. The van der Waals surface area contributed by atoms with Gasteiger partial charge in [0.1, 0.15) is 0 Å². The summed E-state index contributed by atoms with van der Waals surface area (Å²) in [6, 6.07) is 0.0184. The molecule has 3 aliphatic carbocycles. The number of carboxylic acid groups (broad SMARTS) is 1. The Balaban J connectivity index is 1.92. The molecule has 0 saturated heterocycles. The maximum Gasteiger partial charge on any atom is 0.303 e. The van der Waals surface area contributed by atoms with Crippen molar-refractivity contribution in [1.29, 1.82) is 0 Å². The van der Waals surface area contributed by atoms with E-state index in [2.05, 4.69) is 37.3 Å². The summed E-state index contributed by atoms with van der Waals surface area (Å²) in [5.74, 6) is 0.891. The highest BCUT2D eigenvalue weighted by atomic mass is 32.2. The predicted octanol–water partition coefficient (Wildman–Crippen LogP) is 4.51. The third kappa shape index (κ3) is 6.18. The van der Waals surface area contributed by atoms with Crippen LogP contribution in [0.1, 0.15) is 71.6 Å². The fraction of sp³-hybridized carbons (Fsp3) is 0.773. The van der Waals surface area contributed by atoms with E-state index in [1.807, 2.05) is 6.08 Å². The van der Waals surface area contributed by atoms with Crippen LogP contribution in [0, 0.1) is 23.2 Å². The second-order valence-electron chi connectivity index (χ2n) is 9.08. The Morgan fingerprint density at radius 1 is 1.18 bits per heavy atom. The Bertz CT molecular complexity index is 668. The lowest BCUT2D eigenvalue weighted by Gasteiger charge is -2.62. The average Bonchev–Trinajstić information content (AvgIpc) is 2.61. The molecule has 0 radical (unpaired) electrons.